The lowest BCUT2D eigenvalue weighted by atomic mass is 10.0. The lowest BCUT2D eigenvalue weighted by molar-refractivity contribution is 0.636. The van der Waals surface area contributed by atoms with Crippen LogP contribution >= 0.6 is 0 Å². The van der Waals surface area contributed by atoms with Crippen LogP contribution in [-0.4, -0.2) is 6.54 Å². The van der Waals surface area contributed by atoms with Crippen LogP contribution in [0, 0.1) is 5.92 Å². The molecular weight excluding hydrogens is 110 g/mol. The van der Waals surface area contributed by atoms with Crippen LogP contribution in [-0.2, 0) is 0 Å². The van der Waals surface area contributed by atoms with Gasteiger partial charge in [-0.1, -0.05) is 20.4 Å². The van der Waals surface area contributed by atoms with Crippen LogP contribution in [0.3, 0.4) is 0 Å². The number of nitrogens with two attached hydrogens (primary N) is 1. The molecule has 0 aliphatic carbocycles. The maximum absolute atomic E-state index is 5.39. The maximum Gasteiger partial charge on any atom is 0.0213 e. The van der Waals surface area contributed by atoms with Gasteiger partial charge in [-0.25, -0.2) is 0 Å². The fourth-order valence-electron chi connectivity index (χ4n) is 0.720. The van der Waals surface area contributed by atoms with Gasteiger partial charge in [0.05, 0.1) is 0 Å². The van der Waals surface area contributed by atoms with Gasteiger partial charge in [0, 0.05) is 6.54 Å². The standard InChI is InChI=1S/C8H15N/c1-4-8(6-9)5-7(2)3/h7H,1,5-6,9H2,2-3H3. The van der Waals surface area contributed by atoms with Gasteiger partial charge in [0.2, 0.25) is 0 Å². The molecule has 1 heteroatoms. The normalized spacial score (nSPS) is 9.33. The van der Waals surface area contributed by atoms with E-state index >= 15 is 0 Å². The molecule has 1 nitrogen and oxygen atoms in total. The van der Waals surface area contributed by atoms with E-state index in [-0.39, 0.29) is 0 Å². The first-order valence-corrected chi connectivity index (χ1v) is 3.28. The summed E-state index contributed by atoms with van der Waals surface area (Å²) in [6.07, 6.45) is 1.03. The molecule has 0 rings (SSSR count). The van der Waals surface area contributed by atoms with Gasteiger partial charge in [-0.15, -0.1) is 5.73 Å². The zero-order valence-corrected chi connectivity index (χ0v) is 6.28. The highest BCUT2D eigenvalue weighted by Crippen LogP contribution is 2.06. The summed E-state index contributed by atoms with van der Waals surface area (Å²) in [7, 11) is 0. The summed E-state index contributed by atoms with van der Waals surface area (Å²) in [6, 6.07) is 0. The van der Waals surface area contributed by atoms with Crippen LogP contribution in [0.25, 0.3) is 0 Å². The van der Waals surface area contributed by atoms with Crippen LogP contribution in [0.5, 0.6) is 0 Å². The van der Waals surface area contributed by atoms with Gasteiger partial charge < -0.3 is 5.73 Å². The van der Waals surface area contributed by atoms with Crippen molar-refractivity contribution in [2.24, 2.45) is 11.7 Å². The van der Waals surface area contributed by atoms with E-state index in [1.54, 1.807) is 0 Å². The smallest absolute Gasteiger partial charge is 0.0213 e. The zero-order valence-electron chi connectivity index (χ0n) is 6.28. The van der Waals surface area contributed by atoms with Crippen molar-refractivity contribution >= 4 is 0 Å². The van der Waals surface area contributed by atoms with Gasteiger partial charge in [0.1, 0.15) is 0 Å². The second kappa shape index (κ2) is 4.37. The molecule has 0 bridgehead atoms. The van der Waals surface area contributed by atoms with Crippen molar-refractivity contribution in [2.75, 3.05) is 6.54 Å². The molecule has 0 spiro atoms. The molecule has 52 valence electrons. The third-order valence-corrected chi connectivity index (χ3v) is 1.15. The Morgan fingerprint density at radius 2 is 2.22 bits per heavy atom. The van der Waals surface area contributed by atoms with E-state index in [1.165, 1.54) is 0 Å². The molecule has 0 saturated carbocycles. The van der Waals surface area contributed by atoms with Gasteiger partial charge in [-0.2, -0.15) is 0 Å². The Kier molecular flexibility index (Phi) is 4.12. The van der Waals surface area contributed by atoms with Crippen molar-refractivity contribution in [3.63, 3.8) is 0 Å². The second-order valence-corrected chi connectivity index (χ2v) is 2.58. The molecule has 9 heavy (non-hydrogen) atoms. The van der Waals surface area contributed by atoms with Gasteiger partial charge in [-0.3, -0.25) is 0 Å². The average Bonchev–Trinajstić information content (AvgIpc) is 1.82. The largest absolute Gasteiger partial charge is 0.326 e. The quantitative estimate of drug-likeness (QED) is 0.571. The summed E-state index contributed by atoms with van der Waals surface area (Å²) in [5.74, 6) is 0.665. The molecule has 2 N–H and O–H groups in total. The number of hydrogen-bond donors (Lipinski definition) is 1. The van der Waals surface area contributed by atoms with E-state index in [4.69, 9.17) is 5.73 Å². The van der Waals surface area contributed by atoms with E-state index < -0.39 is 0 Å². The Hall–Kier alpha value is -0.520. The molecule has 0 amide bonds. The van der Waals surface area contributed by atoms with E-state index in [0.29, 0.717) is 12.5 Å². The molecule has 0 heterocycles. The monoisotopic (exact) mass is 125 g/mol. The van der Waals surface area contributed by atoms with Crippen molar-refractivity contribution in [3.8, 4) is 0 Å². The third kappa shape index (κ3) is 4.01. The third-order valence-electron chi connectivity index (χ3n) is 1.15. The second-order valence-electron chi connectivity index (χ2n) is 2.58. The average molecular weight is 125 g/mol. The highest BCUT2D eigenvalue weighted by molar-refractivity contribution is 5.00. The summed E-state index contributed by atoms with van der Waals surface area (Å²) in [6.45, 7) is 8.46. The fourth-order valence-corrected chi connectivity index (χ4v) is 0.720. The van der Waals surface area contributed by atoms with Gasteiger partial charge in [-0.05, 0) is 17.9 Å². The minimum atomic E-state index is 0.599. The Labute approximate surface area is 57.3 Å². The Morgan fingerprint density at radius 1 is 1.67 bits per heavy atom. The first-order chi connectivity index (χ1) is 4.20. The molecule has 0 atom stereocenters. The molecule has 0 aliphatic heterocycles. The van der Waals surface area contributed by atoms with E-state index in [0.717, 1.165) is 12.0 Å². The molecule has 0 aromatic carbocycles. The summed E-state index contributed by atoms with van der Waals surface area (Å²) in [4.78, 5) is 0. The topological polar surface area (TPSA) is 26.0 Å². The Morgan fingerprint density at radius 3 is 2.33 bits per heavy atom. The molecule has 0 aromatic rings. The molecular formula is C8H15N. The van der Waals surface area contributed by atoms with Crippen molar-refractivity contribution in [1.29, 1.82) is 0 Å². The van der Waals surface area contributed by atoms with Crippen molar-refractivity contribution in [3.05, 3.63) is 17.9 Å². The van der Waals surface area contributed by atoms with Crippen molar-refractivity contribution < 1.29 is 0 Å². The van der Waals surface area contributed by atoms with E-state index in [2.05, 4.69) is 26.2 Å². The van der Waals surface area contributed by atoms with Gasteiger partial charge in [0.15, 0.2) is 0 Å². The minimum Gasteiger partial charge on any atom is -0.326 e. The molecule has 0 aliphatic rings. The highest BCUT2D eigenvalue weighted by Gasteiger charge is 1.96. The molecule has 0 fully saturated rings. The lowest BCUT2D eigenvalue weighted by Crippen LogP contribution is -2.04. The molecule has 0 radical (unpaired) electrons. The Bertz CT molecular complexity index is 119. The van der Waals surface area contributed by atoms with Gasteiger partial charge >= 0.3 is 0 Å². The van der Waals surface area contributed by atoms with Crippen LogP contribution in [0.2, 0.25) is 0 Å². The Balaban J connectivity index is 3.72. The van der Waals surface area contributed by atoms with Crippen LogP contribution in [0.15, 0.2) is 17.9 Å². The first-order valence-electron chi connectivity index (χ1n) is 3.28. The predicted octanol–water partition coefficient (Wildman–Crippen LogP) is 1.70. The number of rotatable bonds is 3. The SMILES string of the molecule is C=C=C(CN)CC(C)C. The van der Waals surface area contributed by atoms with Crippen LogP contribution in [0.4, 0.5) is 0 Å². The molecule has 0 unspecified atom stereocenters. The number of hydrogen-bond acceptors (Lipinski definition) is 1. The molecule has 0 aromatic heterocycles. The summed E-state index contributed by atoms with van der Waals surface area (Å²) >= 11 is 0. The predicted molar refractivity (Wildman–Crippen MR) is 41.2 cm³/mol. The summed E-state index contributed by atoms with van der Waals surface area (Å²) in [5.41, 5.74) is 9.35. The van der Waals surface area contributed by atoms with Crippen molar-refractivity contribution in [1.82, 2.24) is 0 Å². The summed E-state index contributed by atoms with van der Waals surface area (Å²) in [5, 5.41) is 0. The van der Waals surface area contributed by atoms with E-state index in [9.17, 15) is 0 Å². The van der Waals surface area contributed by atoms with Crippen LogP contribution in [0.1, 0.15) is 20.3 Å². The van der Waals surface area contributed by atoms with Gasteiger partial charge in [0.25, 0.3) is 0 Å². The fraction of sp³-hybridized carbons (Fsp3) is 0.625. The zero-order chi connectivity index (χ0) is 7.28. The maximum atomic E-state index is 5.39. The summed E-state index contributed by atoms with van der Waals surface area (Å²) < 4.78 is 0. The first kappa shape index (κ1) is 8.48. The van der Waals surface area contributed by atoms with Crippen molar-refractivity contribution in [2.45, 2.75) is 20.3 Å². The highest BCUT2D eigenvalue weighted by atomic mass is 14.5. The van der Waals surface area contributed by atoms with Crippen LogP contribution < -0.4 is 5.73 Å². The molecule has 0 saturated heterocycles. The minimum absolute atomic E-state index is 0.599. The van der Waals surface area contributed by atoms with E-state index in [1.807, 2.05) is 0 Å². The lowest BCUT2D eigenvalue weighted by Gasteiger charge is -2.03.